The standard InChI is InChI=1S/C12H14O2S3/c13-5-1-9-11(3-7-15-9)17-12-4-8-16-10(12)2-6-14/h3-4,7-8,13-14H,1-2,5-6H2. The fourth-order valence-corrected chi connectivity index (χ4v) is 4.70. The van der Waals surface area contributed by atoms with Crippen molar-refractivity contribution < 1.29 is 10.2 Å². The van der Waals surface area contributed by atoms with Gasteiger partial charge in [-0.2, -0.15) is 0 Å². The second-order valence-electron chi connectivity index (χ2n) is 3.47. The SMILES string of the molecule is OCCc1sccc1Sc1ccsc1CCO. The van der Waals surface area contributed by atoms with E-state index >= 15 is 0 Å². The summed E-state index contributed by atoms with van der Waals surface area (Å²) in [6, 6.07) is 4.20. The summed E-state index contributed by atoms with van der Waals surface area (Å²) < 4.78 is 0. The number of thiophene rings is 2. The van der Waals surface area contributed by atoms with Crippen molar-refractivity contribution in [1.29, 1.82) is 0 Å². The molecule has 2 aromatic heterocycles. The molecule has 0 spiro atoms. The van der Waals surface area contributed by atoms with Gasteiger partial charge < -0.3 is 10.2 Å². The monoisotopic (exact) mass is 286 g/mol. The van der Waals surface area contributed by atoms with Crippen molar-refractivity contribution >= 4 is 34.4 Å². The minimum Gasteiger partial charge on any atom is -0.396 e. The van der Waals surface area contributed by atoms with Crippen LogP contribution in [0.25, 0.3) is 0 Å². The van der Waals surface area contributed by atoms with E-state index < -0.39 is 0 Å². The molecule has 2 aromatic rings. The van der Waals surface area contributed by atoms with E-state index in [1.54, 1.807) is 34.4 Å². The quantitative estimate of drug-likeness (QED) is 0.857. The third kappa shape index (κ3) is 3.33. The Morgan fingerprint density at radius 2 is 1.35 bits per heavy atom. The van der Waals surface area contributed by atoms with Gasteiger partial charge in [0.15, 0.2) is 0 Å². The van der Waals surface area contributed by atoms with Gasteiger partial charge in [-0.15, -0.1) is 22.7 Å². The lowest BCUT2D eigenvalue weighted by molar-refractivity contribution is 0.300. The molecule has 0 aliphatic rings. The van der Waals surface area contributed by atoms with Crippen molar-refractivity contribution in [2.24, 2.45) is 0 Å². The van der Waals surface area contributed by atoms with Crippen molar-refractivity contribution in [3.05, 3.63) is 32.6 Å². The van der Waals surface area contributed by atoms with E-state index in [4.69, 9.17) is 10.2 Å². The maximum Gasteiger partial charge on any atom is 0.0479 e. The van der Waals surface area contributed by atoms with Crippen molar-refractivity contribution in [3.8, 4) is 0 Å². The Bertz CT molecular complexity index is 420. The van der Waals surface area contributed by atoms with Crippen LogP contribution in [-0.2, 0) is 12.8 Å². The average Bonchev–Trinajstić information content (AvgIpc) is 2.92. The molecule has 0 bridgehead atoms. The molecule has 0 atom stereocenters. The lowest BCUT2D eigenvalue weighted by atomic mass is 10.3. The number of hydrogen-bond acceptors (Lipinski definition) is 5. The van der Waals surface area contributed by atoms with Crippen molar-refractivity contribution in [2.45, 2.75) is 22.6 Å². The lowest BCUT2D eigenvalue weighted by Gasteiger charge is -2.03. The highest BCUT2D eigenvalue weighted by molar-refractivity contribution is 7.99. The topological polar surface area (TPSA) is 40.5 Å². The third-order valence-electron chi connectivity index (χ3n) is 2.31. The minimum absolute atomic E-state index is 0.196. The van der Waals surface area contributed by atoms with Gasteiger partial charge in [-0.3, -0.25) is 0 Å². The molecule has 0 amide bonds. The Kier molecular flexibility index (Phi) is 5.06. The molecule has 5 heteroatoms. The Balaban J connectivity index is 2.13. The lowest BCUT2D eigenvalue weighted by Crippen LogP contribution is -1.90. The van der Waals surface area contributed by atoms with Gasteiger partial charge >= 0.3 is 0 Å². The van der Waals surface area contributed by atoms with E-state index in [1.807, 2.05) is 0 Å². The van der Waals surface area contributed by atoms with E-state index in [0.717, 1.165) is 12.8 Å². The minimum atomic E-state index is 0.196. The molecule has 0 aliphatic carbocycles. The van der Waals surface area contributed by atoms with Gasteiger partial charge in [0.05, 0.1) is 0 Å². The van der Waals surface area contributed by atoms with E-state index in [9.17, 15) is 0 Å². The Morgan fingerprint density at radius 3 is 1.76 bits per heavy atom. The summed E-state index contributed by atoms with van der Waals surface area (Å²) in [5, 5.41) is 22.1. The summed E-state index contributed by atoms with van der Waals surface area (Å²) in [6.45, 7) is 0.391. The average molecular weight is 286 g/mol. The summed E-state index contributed by atoms with van der Waals surface area (Å²) in [5.74, 6) is 0. The molecule has 0 aromatic carbocycles. The van der Waals surface area contributed by atoms with Crippen molar-refractivity contribution in [3.63, 3.8) is 0 Å². The molecule has 0 unspecified atom stereocenters. The first-order valence-corrected chi connectivity index (χ1v) is 7.95. The van der Waals surface area contributed by atoms with Crippen LogP contribution in [0.4, 0.5) is 0 Å². The van der Waals surface area contributed by atoms with E-state index in [2.05, 4.69) is 22.9 Å². The summed E-state index contributed by atoms with van der Waals surface area (Å²) in [4.78, 5) is 4.92. The fraction of sp³-hybridized carbons (Fsp3) is 0.333. The fourth-order valence-electron chi connectivity index (χ4n) is 1.53. The van der Waals surface area contributed by atoms with Crippen molar-refractivity contribution in [1.82, 2.24) is 0 Å². The van der Waals surface area contributed by atoms with Gasteiger partial charge in [-0.25, -0.2) is 0 Å². The predicted octanol–water partition coefficient (Wildman–Crippen LogP) is 3.03. The van der Waals surface area contributed by atoms with Gasteiger partial charge in [0.2, 0.25) is 0 Å². The highest BCUT2D eigenvalue weighted by Crippen LogP contribution is 2.37. The molecule has 0 saturated heterocycles. The molecule has 2 heterocycles. The molecule has 0 saturated carbocycles. The summed E-state index contributed by atoms with van der Waals surface area (Å²) in [5.41, 5.74) is 0. The van der Waals surface area contributed by atoms with Gasteiger partial charge in [-0.05, 0) is 22.9 Å². The largest absolute Gasteiger partial charge is 0.396 e. The smallest absolute Gasteiger partial charge is 0.0479 e. The van der Waals surface area contributed by atoms with Crippen molar-refractivity contribution in [2.75, 3.05) is 13.2 Å². The second kappa shape index (κ2) is 6.56. The zero-order chi connectivity index (χ0) is 12.1. The molecule has 0 fully saturated rings. The molecule has 2 rings (SSSR count). The molecule has 2 nitrogen and oxygen atoms in total. The van der Waals surface area contributed by atoms with Gasteiger partial charge in [0.25, 0.3) is 0 Å². The van der Waals surface area contributed by atoms with Crippen LogP contribution in [0.3, 0.4) is 0 Å². The molecule has 0 aliphatic heterocycles. The molecular formula is C12H14O2S3. The maximum absolute atomic E-state index is 8.99. The first-order valence-electron chi connectivity index (χ1n) is 5.37. The summed E-state index contributed by atoms with van der Waals surface area (Å²) in [7, 11) is 0. The molecular weight excluding hydrogens is 272 g/mol. The van der Waals surface area contributed by atoms with Gasteiger partial charge in [-0.1, -0.05) is 11.8 Å². The number of aliphatic hydroxyl groups is 2. The van der Waals surface area contributed by atoms with Crippen LogP contribution in [0.15, 0.2) is 32.7 Å². The second-order valence-corrected chi connectivity index (χ2v) is 6.55. The molecule has 0 radical (unpaired) electrons. The van der Waals surface area contributed by atoms with E-state index in [-0.39, 0.29) is 13.2 Å². The highest BCUT2D eigenvalue weighted by Gasteiger charge is 2.10. The Hall–Kier alpha value is -0.330. The Labute approximate surface area is 113 Å². The molecule has 17 heavy (non-hydrogen) atoms. The number of rotatable bonds is 6. The van der Waals surface area contributed by atoms with Crippen LogP contribution in [0.2, 0.25) is 0 Å². The normalized spacial score (nSPS) is 10.9. The van der Waals surface area contributed by atoms with E-state index in [0.29, 0.717) is 0 Å². The first-order chi connectivity index (χ1) is 8.35. The molecule has 92 valence electrons. The summed E-state index contributed by atoms with van der Waals surface area (Å²) in [6.07, 6.45) is 1.44. The van der Waals surface area contributed by atoms with Gasteiger partial charge in [0.1, 0.15) is 0 Å². The first kappa shape index (κ1) is 13.1. The van der Waals surface area contributed by atoms with Crippen LogP contribution in [0.1, 0.15) is 9.75 Å². The Morgan fingerprint density at radius 1 is 0.882 bits per heavy atom. The van der Waals surface area contributed by atoms with Crippen LogP contribution in [-0.4, -0.2) is 23.4 Å². The third-order valence-corrected chi connectivity index (χ3v) is 5.73. The van der Waals surface area contributed by atoms with Crippen LogP contribution < -0.4 is 0 Å². The zero-order valence-corrected chi connectivity index (χ0v) is 11.7. The number of aliphatic hydroxyl groups excluding tert-OH is 2. The zero-order valence-electron chi connectivity index (χ0n) is 9.26. The van der Waals surface area contributed by atoms with Crippen LogP contribution >= 0.6 is 34.4 Å². The number of hydrogen-bond donors (Lipinski definition) is 2. The highest BCUT2D eigenvalue weighted by atomic mass is 32.2. The maximum atomic E-state index is 8.99. The molecule has 2 N–H and O–H groups in total. The van der Waals surface area contributed by atoms with Crippen LogP contribution in [0.5, 0.6) is 0 Å². The van der Waals surface area contributed by atoms with E-state index in [1.165, 1.54) is 19.5 Å². The predicted molar refractivity (Wildman–Crippen MR) is 74.3 cm³/mol. The van der Waals surface area contributed by atoms with Crippen LogP contribution in [0, 0.1) is 0 Å². The summed E-state index contributed by atoms with van der Waals surface area (Å²) >= 11 is 5.11. The van der Waals surface area contributed by atoms with Gasteiger partial charge in [0, 0.05) is 45.6 Å².